The van der Waals surface area contributed by atoms with E-state index in [1.54, 1.807) is 6.07 Å². The van der Waals surface area contributed by atoms with Gasteiger partial charge in [-0.3, -0.25) is 0 Å². The lowest BCUT2D eigenvalue weighted by Crippen LogP contribution is -2.15. The molecule has 1 heterocycles. The minimum atomic E-state index is 0.534. The Morgan fingerprint density at radius 2 is 1.80 bits per heavy atom. The molecule has 20 heavy (non-hydrogen) atoms. The van der Waals surface area contributed by atoms with Crippen molar-refractivity contribution in [3.05, 3.63) is 52.0 Å². The summed E-state index contributed by atoms with van der Waals surface area (Å²) in [7, 11) is 0. The van der Waals surface area contributed by atoms with Crippen molar-refractivity contribution in [2.45, 2.75) is 6.54 Å². The second kappa shape index (κ2) is 5.81. The van der Waals surface area contributed by atoms with Gasteiger partial charge in [0.1, 0.15) is 13.2 Å². The van der Waals surface area contributed by atoms with Gasteiger partial charge in [0.25, 0.3) is 0 Å². The van der Waals surface area contributed by atoms with Gasteiger partial charge >= 0.3 is 0 Å². The molecule has 3 nitrogen and oxygen atoms in total. The van der Waals surface area contributed by atoms with Crippen molar-refractivity contribution >= 4 is 28.9 Å². The Morgan fingerprint density at radius 3 is 2.65 bits per heavy atom. The molecule has 0 saturated carbocycles. The number of anilines is 1. The van der Waals surface area contributed by atoms with Crippen LogP contribution < -0.4 is 14.8 Å². The minimum Gasteiger partial charge on any atom is -0.486 e. The van der Waals surface area contributed by atoms with Crippen LogP contribution in [0.25, 0.3) is 0 Å². The quantitative estimate of drug-likeness (QED) is 0.913. The maximum atomic E-state index is 6.14. The summed E-state index contributed by atoms with van der Waals surface area (Å²) in [6.45, 7) is 1.82. The molecule has 0 radical (unpaired) electrons. The molecule has 0 spiro atoms. The SMILES string of the molecule is Clc1cccc(NCc2ccc3c(c2)OCCO3)c1Cl. The van der Waals surface area contributed by atoms with Crippen molar-refractivity contribution in [3.63, 3.8) is 0 Å². The number of halogens is 2. The van der Waals surface area contributed by atoms with Crippen LogP contribution in [0.3, 0.4) is 0 Å². The Labute approximate surface area is 127 Å². The van der Waals surface area contributed by atoms with E-state index in [-0.39, 0.29) is 0 Å². The molecule has 2 aromatic rings. The molecule has 1 aliphatic rings. The van der Waals surface area contributed by atoms with E-state index in [1.165, 1.54) is 0 Å². The van der Waals surface area contributed by atoms with Crippen molar-refractivity contribution in [2.75, 3.05) is 18.5 Å². The van der Waals surface area contributed by atoms with Gasteiger partial charge in [0, 0.05) is 6.54 Å². The molecule has 0 fully saturated rings. The molecule has 0 aliphatic carbocycles. The first-order valence-corrected chi connectivity index (χ1v) is 7.06. The van der Waals surface area contributed by atoms with Gasteiger partial charge in [-0.25, -0.2) is 0 Å². The molecule has 0 unspecified atom stereocenters. The van der Waals surface area contributed by atoms with Gasteiger partial charge in [0.05, 0.1) is 15.7 Å². The summed E-state index contributed by atoms with van der Waals surface area (Å²) >= 11 is 12.1. The van der Waals surface area contributed by atoms with Crippen LogP contribution >= 0.6 is 23.2 Å². The van der Waals surface area contributed by atoms with E-state index in [2.05, 4.69) is 5.32 Å². The fraction of sp³-hybridized carbons (Fsp3) is 0.200. The number of rotatable bonds is 3. The molecule has 0 amide bonds. The fourth-order valence-corrected chi connectivity index (χ4v) is 2.40. The highest BCUT2D eigenvalue weighted by molar-refractivity contribution is 6.43. The normalized spacial score (nSPS) is 13.1. The lowest BCUT2D eigenvalue weighted by molar-refractivity contribution is 0.171. The molecule has 0 saturated heterocycles. The maximum Gasteiger partial charge on any atom is 0.161 e. The van der Waals surface area contributed by atoms with Gasteiger partial charge in [-0.15, -0.1) is 0 Å². The highest BCUT2D eigenvalue weighted by atomic mass is 35.5. The van der Waals surface area contributed by atoms with Gasteiger partial charge < -0.3 is 14.8 Å². The smallest absolute Gasteiger partial charge is 0.161 e. The summed E-state index contributed by atoms with van der Waals surface area (Å²) < 4.78 is 11.1. The average molecular weight is 310 g/mol. The van der Waals surface area contributed by atoms with Crippen LogP contribution in [0.4, 0.5) is 5.69 Å². The predicted molar refractivity (Wildman–Crippen MR) is 81.2 cm³/mol. The highest BCUT2D eigenvalue weighted by Crippen LogP contribution is 2.32. The molecule has 1 N–H and O–H groups in total. The number of benzene rings is 2. The molecular weight excluding hydrogens is 297 g/mol. The van der Waals surface area contributed by atoms with E-state index in [1.807, 2.05) is 30.3 Å². The highest BCUT2D eigenvalue weighted by Gasteiger charge is 2.11. The molecule has 3 rings (SSSR count). The van der Waals surface area contributed by atoms with Gasteiger partial charge in [-0.05, 0) is 29.8 Å². The van der Waals surface area contributed by atoms with E-state index >= 15 is 0 Å². The van der Waals surface area contributed by atoms with E-state index in [0.717, 1.165) is 22.7 Å². The zero-order chi connectivity index (χ0) is 13.9. The van der Waals surface area contributed by atoms with Gasteiger partial charge in [-0.1, -0.05) is 35.3 Å². The van der Waals surface area contributed by atoms with Crippen LogP contribution in [0.2, 0.25) is 10.0 Å². The monoisotopic (exact) mass is 309 g/mol. The standard InChI is InChI=1S/C15H13Cl2NO2/c16-11-2-1-3-12(15(11)17)18-9-10-4-5-13-14(8-10)20-7-6-19-13/h1-5,8,18H,6-7,9H2. The zero-order valence-electron chi connectivity index (χ0n) is 10.7. The topological polar surface area (TPSA) is 30.5 Å². The third kappa shape index (κ3) is 2.79. The van der Waals surface area contributed by atoms with Crippen LogP contribution in [-0.2, 0) is 6.54 Å². The van der Waals surface area contributed by atoms with Gasteiger partial charge in [0.2, 0.25) is 0 Å². The van der Waals surface area contributed by atoms with Crippen molar-refractivity contribution in [2.24, 2.45) is 0 Å². The Hall–Kier alpha value is -1.58. The van der Waals surface area contributed by atoms with Gasteiger partial charge in [-0.2, -0.15) is 0 Å². The number of hydrogen-bond acceptors (Lipinski definition) is 3. The van der Waals surface area contributed by atoms with Crippen LogP contribution in [-0.4, -0.2) is 13.2 Å². The number of fused-ring (bicyclic) bond motifs is 1. The minimum absolute atomic E-state index is 0.534. The maximum absolute atomic E-state index is 6.14. The molecule has 0 bridgehead atoms. The predicted octanol–water partition coefficient (Wildman–Crippen LogP) is 4.38. The van der Waals surface area contributed by atoms with Crippen LogP contribution in [0.15, 0.2) is 36.4 Å². The Balaban J connectivity index is 1.73. The summed E-state index contributed by atoms with van der Waals surface area (Å²) in [6.07, 6.45) is 0. The summed E-state index contributed by atoms with van der Waals surface area (Å²) in [4.78, 5) is 0. The molecule has 2 aromatic carbocycles. The zero-order valence-corrected chi connectivity index (χ0v) is 12.2. The third-order valence-electron chi connectivity index (χ3n) is 3.04. The molecule has 1 aliphatic heterocycles. The van der Waals surface area contributed by atoms with E-state index < -0.39 is 0 Å². The van der Waals surface area contributed by atoms with Crippen LogP contribution in [0.5, 0.6) is 11.5 Å². The van der Waals surface area contributed by atoms with Crippen molar-refractivity contribution in [1.82, 2.24) is 0 Å². The van der Waals surface area contributed by atoms with Gasteiger partial charge in [0.15, 0.2) is 11.5 Å². The first-order valence-electron chi connectivity index (χ1n) is 6.30. The first-order chi connectivity index (χ1) is 9.74. The Kier molecular flexibility index (Phi) is 3.90. The van der Waals surface area contributed by atoms with E-state index in [4.69, 9.17) is 32.7 Å². The molecule has 104 valence electrons. The lowest BCUT2D eigenvalue weighted by Gasteiger charge is -2.19. The second-order valence-corrected chi connectivity index (χ2v) is 5.22. The van der Waals surface area contributed by atoms with Crippen molar-refractivity contribution in [1.29, 1.82) is 0 Å². The number of ether oxygens (including phenoxy) is 2. The van der Waals surface area contributed by atoms with Crippen LogP contribution in [0, 0.1) is 0 Å². The van der Waals surface area contributed by atoms with Crippen molar-refractivity contribution < 1.29 is 9.47 Å². The van der Waals surface area contributed by atoms with Crippen molar-refractivity contribution in [3.8, 4) is 11.5 Å². The van der Waals surface area contributed by atoms with Crippen LogP contribution in [0.1, 0.15) is 5.56 Å². The first kappa shape index (κ1) is 13.4. The number of nitrogens with one attached hydrogen (secondary N) is 1. The van der Waals surface area contributed by atoms with E-state index in [9.17, 15) is 0 Å². The second-order valence-electron chi connectivity index (χ2n) is 4.43. The summed E-state index contributed by atoms with van der Waals surface area (Å²) in [5.74, 6) is 1.58. The molecule has 0 aromatic heterocycles. The largest absolute Gasteiger partial charge is 0.486 e. The molecule has 0 atom stereocenters. The summed E-state index contributed by atoms with van der Waals surface area (Å²) in [5, 5.41) is 4.34. The average Bonchev–Trinajstić information content (AvgIpc) is 2.48. The Morgan fingerprint density at radius 1 is 1.00 bits per heavy atom. The van der Waals surface area contributed by atoms with E-state index in [0.29, 0.717) is 29.8 Å². The number of hydrogen-bond donors (Lipinski definition) is 1. The molecular formula is C15H13Cl2NO2. The lowest BCUT2D eigenvalue weighted by atomic mass is 10.2. The molecule has 5 heteroatoms. The fourth-order valence-electron chi connectivity index (χ4n) is 2.04. The summed E-state index contributed by atoms with van der Waals surface area (Å²) in [5.41, 5.74) is 1.90. The summed E-state index contributed by atoms with van der Waals surface area (Å²) in [6, 6.07) is 11.4. The Bertz CT molecular complexity index is 631. The third-order valence-corrected chi connectivity index (χ3v) is 3.86.